The third-order valence-electron chi connectivity index (χ3n) is 17.6. The largest absolute Gasteiger partial charge is 0.310 e. The van der Waals surface area contributed by atoms with Gasteiger partial charge in [0.2, 0.25) is 0 Å². The molecule has 0 atom stereocenters. The van der Waals surface area contributed by atoms with Gasteiger partial charge in [0.1, 0.15) is 0 Å². The van der Waals surface area contributed by atoms with Gasteiger partial charge >= 0.3 is 0 Å². The zero-order valence-electron chi connectivity index (χ0n) is 43.5. The first-order valence-corrected chi connectivity index (χ1v) is 27.3. The van der Waals surface area contributed by atoms with Crippen molar-refractivity contribution < 1.29 is 0 Å². The van der Waals surface area contributed by atoms with Crippen LogP contribution in [0.15, 0.2) is 279 Å². The first-order valence-electron chi connectivity index (χ1n) is 27.3. The maximum Gasteiger partial charge on any atom is 0.0731 e. The van der Waals surface area contributed by atoms with E-state index in [-0.39, 0.29) is 5.41 Å². The van der Waals surface area contributed by atoms with E-state index in [4.69, 9.17) is 0 Å². The fourth-order valence-corrected chi connectivity index (χ4v) is 14.3. The second kappa shape index (κ2) is 16.9. The predicted octanol–water partition coefficient (Wildman–Crippen LogP) is 19.9. The van der Waals surface area contributed by atoms with Crippen LogP contribution in [-0.4, -0.2) is 4.57 Å². The molecule has 0 saturated carbocycles. The summed E-state index contributed by atoms with van der Waals surface area (Å²) in [7, 11) is 0. The van der Waals surface area contributed by atoms with Crippen molar-refractivity contribution >= 4 is 38.9 Å². The number of benzene rings is 12. The molecule has 0 N–H and O–H groups in total. The van der Waals surface area contributed by atoms with Crippen LogP contribution in [0.25, 0.3) is 94.3 Å². The molecule has 16 rings (SSSR count). The number of aromatic nitrogens is 1. The Labute approximate surface area is 455 Å². The molecule has 12 aromatic carbocycles. The Kier molecular flexibility index (Phi) is 9.63. The summed E-state index contributed by atoms with van der Waals surface area (Å²) in [6.07, 6.45) is 0. The lowest BCUT2D eigenvalue weighted by molar-refractivity contribution is 0.660. The van der Waals surface area contributed by atoms with E-state index in [9.17, 15) is 0 Å². The number of anilines is 3. The van der Waals surface area contributed by atoms with Gasteiger partial charge in [0.25, 0.3) is 0 Å². The van der Waals surface area contributed by atoms with Crippen LogP contribution in [0.5, 0.6) is 0 Å². The maximum absolute atomic E-state index is 2.55. The van der Waals surface area contributed by atoms with Crippen LogP contribution in [-0.2, 0) is 10.8 Å². The van der Waals surface area contributed by atoms with Crippen LogP contribution < -0.4 is 4.90 Å². The monoisotopic (exact) mass is 992 g/mol. The molecule has 78 heavy (non-hydrogen) atoms. The summed E-state index contributed by atoms with van der Waals surface area (Å²) in [5.74, 6) is 0. The van der Waals surface area contributed by atoms with E-state index in [1.165, 1.54) is 99.8 Å². The lowest BCUT2D eigenvalue weighted by atomic mass is 9.68. The van der Waals surface area contributed by atoms with Crippen molar-refractivity contribution in [3.8, 4) is 72.4 Å². The molecule has 1 heterocycles. The highest BCUT2D eigenvalue weighted by molar-refractivity contribution is 6.17. The molecular weight excluding hydrogens is 941 g/mol. The second-order valence-corrected chi connectivity index (χ2v) is 21.9. The van der Waals surface area contributed by atoms with Gasteiger partial charge in [-0.25, -0.2) is 0 Å². The van der Waals surface area contributed by atoms with E-state index < -0.39 is 5.41 Å². The molecule has 0 radical (unpaired) electrons. The first kappa shape index (κ1) is 44.5. The van der Waals surface area contributed by atoms with Crippen LogP contribution in [0.2, 0.25) is 0 Å². The van der Waals surface area contributed by atoms with Crippen molar-refractivity contribution in [3.05, 3.63) is 312 Å². The van der Waals surface area contributed by atoms with Crippen LogP contribution in [0.3, 0.4) is 0 Å². The average molecular weight is 993 g/mol. The Hall–Kier alpha value is -9.76. The van der Waals surface area contributed by atoms with Crippen LogP contribution in [0, 0.1) is 0 Å². The topological polar surface area (TPSA) is 8.17 Å². The summed E-state index contributed by atoms with van der Waals surface area (Å²) >= 11 is 0. The van der Waals surface area contributed by atoms with E-state index in [1.54, 1.807) is 0 Å². The Bertz CT molecular complexity index is 4520. The molecule has 2 heteroatoms. The quantitative estimate of drug-likeness (QED) is 0.154. The zero-order chi connectivity index (χ0) is 51.7. The number of para-hydroxylation sites is 2. The van der Waals surface area contributed by atoms with E-state index >= 15 is 0 Å². The Morgan fingerprint density at radius 2 is 0.808 bits per heavy atom. The Balaban J connectivity index is 0.964. The first-order chi connectivity index (χ1) is 38.5. The molecular formula is C76H52N2. The average Bonchev–Trinajstić information content (AvgIpc) is 3.97. The zero-order valence-corrected chi connectivity index (χ0v) is 43.5. The molecule has 366 valence electrons. The van der Waals surface area contributed by atoms with Crippen molar-refractivity contribution in [1.29, 1.82) is 0 Å². The van der Waals surface area contributed by atoms with Crippen LogP contribution in [0.1, 0.15) is 47.2 Å². The van der Waals surface area contributed by atoms with Crippen molar-refractivity contribution in [2.75, 3.05) is 4.90 Å². The third-order valence-corrected chi connectivity index (χ3v) is 17.6. The minimum Gasteiger partial charge on any atom is -0.310 e. The normalized spacial score (nSPS) is 13.7. The summed E-state index contributed by atoms with van der Waals surface area (Å²) in [5, 5.41) is 2.43. The predicted molar refractivity (Wildman–Crippen MR) is 326 cm³/mol. The molecule has 0 unspecified atom stereocenters. The summed E-state index contributed by atoms with van der Waals surface area (Å²) in [4.78, 5) is 2.47. The molecule has 0 saturated heterocycles. The molecule has 1 spiro atoms. The molecule has 0 amide bonds. The minimum absolute atomic E-state index is 0.160. The SMILES string of the molecule is CC1(C)c2ccccc2-c2ccc(N(c3ccccc3)c3cc(-c4ccccc4)c4c5ccccc5n(-c5ccc(-c6cccc7c6C6(c8ccccc8-c8ccccc86)c6ccccc6-7)cc5-c5ccccc5)c4c3)cc21. The van der Waals surface area contributed by atoms with E-state index in [0.29, 0.717) is 0 Å². The number of rotatable bonds is 7. The number of fused-ring (bicyclic) bond motifs is 16. The number of hydrogen-bond acceptors (Lipinski definition) is 1. The molecule has 0 bridgehead atoms. The molecule has 3 aliphatic carbocycles. The Morgan fingerprint density at radius 1 is 0.295 bits per heavy atom. The van der Waals surface area contributed by atoms with Crippen molar-refractivity contribution in [2.45, 2.75) is 24.7 Å². The highest BCUT2D eigenvalue weighted by Crippen LogP contribution is 2.64. The summed E-state index contributed by atoms with van der Waals surface area (Å²) in [6.45, 7) is 4.74. The van der Waals surface area contributed by atoms with Gasteiger partial charge in [0.05, 0.1) is 22.1 Å². The third kappa shape index (κ3) is 6.20. The Morgan fingerprint density at radius 3 is 1.47 bits per heavy atom. The molecule has 1 aromatic heterocycles. The fourth-order valence-electron chi connectivity index (χ4n) is 14.3. The highest BCUT2D eigenvalue weighted by Gasteiger charge is 2.52. The van der Waals surface area contributed by atoms with Gasteiger partial charge in [0, 0.05) is 38.8 Å². The van der Waals surface area contributed by atoms with Gasteiger partial charge in [-0.1, -0.05) is 238 Å². The van der Waals surface area contributed by atoms with Crippen molar-refractivity contribution in [1.82, 2.24) is 4.57 Å². The van der Waals surface area contributed by atoms with Crippen molar-refractivity contribution in [3.63, 3.8) is 0 Å². The molecule has 0 aliphatic heterocycles. The molecule has 0 fully saturated rings. The molecule has 2 nitrogen and oxygen atoms in total. The maximum atomic E-state index is 2.55. The number of hydrogen-bond donors (Lipinski definition) is 0. The van der Waals surface area contributed by atoms with E-state index in [1.807, 2.05) is 0 Å². The summed E-state index contributed by atoms with van der Waals surface area (Å²) in [5.41, 5.74) is 29.1. The van der Waals surface area contributed by atoms with Crippen LogP contribution in [0.4, 0.5) is 17.1 Å². The summed E-state index contributed by atoms with van der Waals surface area (Å²) in [6, 6.07) is 104. The van der Waals surface area contributed by atoms with Gasteiger partial charge in [-0.05, 0) is 149 Å². The standard InChI is InChI=1S/C76H52N2/c1-75(2)65-36-17-12-29-56(65)60-43-42-53(47-69(60)75)77(52-27-10-5-11-28-52)54-46-64(50-25-8-4-9-26-50)73-62-33-16-21-40-70(62)78(72(73)48-54)71-44-41-51(45-63(71)49-23-6-3-7-24-49)55-34-22-35-61-59-32-15-20-39-68(59)76(74(55)61)66-37-18-13-30-57(66)58-31-14-19-38-67(58)76/h3-48H,1-2H3. The fraction of sp³-hybridized carbons (Fsp3) is 0.0526. The molecule has 13 aromatic rings. The second-order valence-electron chi connectivity index (χ2n) is 21.9. The van der Waals surface area contributed by atoms with Gasteiger partial charge in [0.15, 0.2) is 0 Å². The van der Waals surface area contributed by atoms with Crippen LogP contribution >= 0.6 is 0 Å². The van der Waals surface area contributed by atoms with Gasteiger partial charge in [-0.3, -0.25) is 0 Å². The summed E-state index contributed by atoms with van der Waals surface area (Å²) < 4.78 is 2.55. The lowest BCUT2D eigenvalue weighted by Crippen LogP contribution is -2.26. The number of nitrogens with zero attached hydrogens (tertiary/aromatic N) is 2. The van der Waals surface area contributed by atoms with Gasteiger partial charge in [-0.15, -0.1) is 0 Å². The smallest absolute Gasteiger partial charge is 0.0731 e. The minimum atomic E-state index is -0.485. The molecule has 3 aliphatic rings. The van der Waals surface area contributed by atoms with E-state index in [0.717, 1.165) is 44.9 Å². The van der Waals surface area contributed by atoms with Crippen molar-refractivity contribution in [2.24, 2.45) is 0 Å². The highest BCUT2D eigenvalue weighted by atomic mass is 15.1. The van der Waals surface area contributed by atoms with Gasteiger partial charge < -0.3 is 9.47 Å². The van der Waals surface area contributed by atoms with Gasteiger partial charge in [-0.2, -0.15) is 0 Å². The van der Waals surface area contributed by atoms with E-state index in [2.05, 4.69) is 302 Å². The lowest BCUT2D eigenvalue weighted by Gasteiger charge is -2.32.